The molecule has 1 aromatic rings. The number of carbonyl (C=O) groups excluding carboxylic acids is 1. The van der Waals surface area contributed by atoms with Gasteiger partial charge in [-0.1, -0.05) is 18.2 Å². The van der Waals surface area contributed by atoms with Crippen LogP contribution < -0.4 is 0 Å². The molecule has 96 valence electrons. The third-order valence-electron chi connectivity index (χ3n) is 3.49. The minimum atomic E-state index is -0.910. The maximum Gasteiger partial charge on any atom is 0.326 e. The number of hydrogen-bond acceptors (Lipinski definition) is 2. The highest BCUT2D eigenvalue weighted by molar-refractivity contribution is 5.99. The largest absolute Gasteiger partial charge is 0.480 e. The van der Waals surface area contributed by atoms with E-state index in [4.69, 9.17) is 5.11 Å². The fourth-order valence-corrected chi connectivity index (χ4v) is 2.56. The van der Waals surface area contributed by atoms with E-state index < -0.39 is 12.0 Å². The molecule has 1 amide bonds. The molecule has 0 aromatic heterocycles. The van der Waals surface area contributed by atoms with Crippen LogP contribution in [0.15, 0.2) is 18.2 Å². The molecule has 1 heterocycles. The van der Waals surface area contributed by atoms with E-state index in [0.717, 1.165) is 17.5 Å². The van der Waals surface area contributed by atoms with Crippen LogP contribution in [0.4, 0.5) is 0 Å². The average molecular weight is 247 g/mol. The van der Waals surface area contributed by atoms with Crippen molar-refractivity contribution >= 4 is 11.9 Å². The smallest absolute Gasteiger partial charge is 0.326 e. The van der Waals surface area contributed by atoms with Crippen LogP contribution in [-0.4, -0.2) is 34.5 Å². The Morgan fingerprint density at radius 2 is 1.89 bits per heavy atom. The Kier molecular flexibility index (Phi) is 3.36. The molecule has 1 saturated heterocycles. The van der Waals surface area contributed by atoms with Crippen molar-refractivity contribution in [2.24, 2.45) is 0 Å². The van der Waals surface area contributed by atoms with Gasteiger partial charge in [0.25, 0.3) is 5.91 Å². The van der Waals surface area contributed by atoms with Gasteiger partial charge in [-0.25, -0.2) is 4.79 Å². The average Bonchev–Trinajstić information content (AvgIpc) is 2.77. The van der Waals surface area contributed by atoms with Crippen molar-refractivity contribution in [3.05, 3.63) is 34.9 Å². The van der Waals surface area contributed by atoms with Crippen LogP contribution in [-0.2, 0) is 4.79 Å². The maximum atomic E-state index is 12.5. The number of amides is 1. The molecule has 0 spiro atoms. The molecule has 1 N–H and O–H groups in total. The molecule has 2 rings (SSSR count). The fraction of sp³-hybridized carbons (Fsp3) is 0.429. The number of carboxylic acids is 1. The van der Waals surface area contributed by atoms with E-state index in [9.17, 15) is 9.59 Å². The maximum absolute atomic E-state index is 12.5. The van der Waals surface area contributed by atoms with Gasteiger partial charge >= 0.3 is 5.97 Å². The summed E-state index contributed by atoms with van der Waals surface area (Å²) in [7, 11) is 0. The van der Waals surface area contributed by atoms with Gasteiger partial charge in [0.2, 0.25) is 0 Å². The van der Waals surface area contributed by atoms with Gasteiger partial charge in [0.1, 0.15) is 6.04 Å². The molecule has 0 radical (unpaired) electrons. The molecule has 0 bridgehead atoms. The number of aryl methyl sites for hydroxylation is 2. The third kappa shape index (κ3) is 2.10. The van der Waals surface area contributed by atoms with Crippen molar-refractivity contribution in [3.8, 4) is 0 Å². The Hall–Kier alpha value is -1.84. The van der Waals surface area contributed by atoms with E-state index in [1.165, 1.54) is 4.90 Å². The molecule has 0 saturated carbocycles. The van der Waals surface area contributed by atoms with Gasteiger partial charge in [-0.3, -0.25) is 4.79 Å². The van der Waals surface area contributed by atoms with Gasteiger partial charge in [-0.2, -0.15) is 0 Å². The summed E-state index contributed by atoms with van der Waals surface area (Å²) < 4.78 is 0. The Bertz CT molecular complexity index is 476. The van der Waals surface area contributed by atoms with Crippen molar-refractivity contribution in [3.63, 3.8) is 0 Å². The first kappa shape index (κ1) is 12.6. The van der Waals surface area contributed by atoms with Crippen molar-refractivity contribution in [2.45, 2.75) is 32.7 Å². The van der Waals surface area contributed by atoms with Crippen molar-refractivity contribution < 1.29 is 14.7 Å². The summed E-state index contributed by atoms with van der Waals surface area (Å²) in [5.41, 5.74) is 2.44. The fourth-order valence-electron chi connectivity index (χ4n) is 2.56. The lowest BCUT2D eigenvalue weighted by atomic mass is 10.0. The second-order valence-corrected chi connectivity index (χ2v) is 4.76. The van der Waals surface area contributed by atoms with Gasteiger partial charge in [0.15, 0.2) is 0 Å². The number of nitrogens with zero attached hydrogens (tertiary/aromatic N) is 1. The van der Waals surface area contributed by atoms with E-state index in [1.807, 2.05) is 32.0 Å². The Labute approximate surface area is 106 Å². The van der Waals surface area contributed by atoms with E-state index in [2.05, 4.69) is 0 Å². The zero-order valence-corrected chi connectivity index (χ0v) is 10.6. The van der Waals surface area contributed by atoms with Crippen LogP contribution in [0, 0.1) is 13.8 Å². The standard InChI is InChI=1S/C14H17NO3/c1-9-5-3-6-10(2)12(9)13(16)15-8-4-7-11(15)14(17)18/h3,5-6,11H,4,7-8H2,1-2H3,(H,17,18)/t11-/m0/s1. The normalized spacial score (nSPS) is 19.0. The lowest BCUT2D eigenvalue weighted by Crippen LogP contribution is -2.40. The number of hydrogen-bond donors (Lipinski definition) is 1. The van der Waals surface area contributed by atoms with Crippen LogP contribution >= 0.6 is 0 Å². The summed E-state index contributed by atoms with van der Waals surface area (Å²) >= 11 is 0. The zero-order valence-electron chi connectivity index (χ0n) is 10.6. The molecule has 4 heteroatoms. The van der Waals surface area contributed by atoms with Crippen LogP contribution in [0.2, 0.25) is 0 Å². The van der Waals surface area contributed by atoms with Gasteiger partial charge in [0, 0.05) is 12.1 Å². The summed E-state index contributed by atoms with van der Waals surface area (Å²) in [5, 5.41) is 9.12. The number of rotatable bonds is 2. The molecule has 0 aliphatic carbocycles. The lowest BCUT2D eigenvalue weighted by Gasteiger charge is -2.23. The summed E-state index contributed by atoms with van der Waals surface area (Å²) in [6, 6.07) is 5.00. The highest BCUT2D eigenvalue weighted by Gasteiger charge is 2.35. The van der Waals surface area contributed by atoms with Gasteiger partial charge in [-0.05, 0) is 37.8 Å². The number of benzene rings is 1. The number of carbonyl (C=O) groups is 2. The molecular formula is C14H17NO3. The number of likely N-dealkylation sites (tertiary alicyclic amines) is 1. The highest BCUT2D eigenvalue weighted by Crippen LogP contribution is 2.23. The minimum Gasteiger partial charge on any atom is -0.480 e. The van der Waals surface area contributed by atoms with Crippen molar-refractivity contribution in [1.82, 2.24) is 4.90 Å². The summed E-state index contributed by atoms with van der Waals surface area (Å²) in [6.45, 7) is 4.29. The van der Waals surface area contributed by atoms with Crippen LogP contribution in [0.5, 0.6) is 0 Å². The Morgan fingerprint density at radius 3 is 2.44 bits per heavy atom. The molecule has 4 nitrogen and oxygen atoms in total. The highest BCUT2D eigenvalue weighted by atomic mass is 16.4. The molecule has 1 aromatic carbocycles. The van der Waals surface area contributed by atoms with Crippen molar-refractivity contribution in [1.29, 1.82) is 0 Å². The van der Waals surface area contributed by atoms with Gasteiger partial charge < -0.3 is 10.0 Å². The van der Waals surface area contributed by atoms with E-state index in [0.29, 0.717) is 18.5 Å². The molecular weight excluding hydrogens is 230 g/mol. The molecule has 1 aliphatic heterocycles. The predicted molar refractivity (Wildman–Crippen MR) is 67.6 cm³/mol. The number of aliphatic carboxylic acids is 1. The van der Waals surface area contributed by atoms with E-state index in [-0.39, 0.29) is 5.91 Å². The Balaban J connectivity index is 2.34. The monoisotopic (exact) mass is 247 g/mol. The first-order valence-electron chi connectivity index (χ1n) is 6.12. The molecule has 0 unspecified atom stereocenters. The topological polar surface area (TPSA) is 57.6 Å². The predicted octanol–water partition coefficient (Wildman–Crippen LogP) is 1.99. The van der Waals surface area contributed by atoms with Crippen LogP contribution in [0.1, 0.15) is 34.3 Å². The third-order valence-corrected chi connectivity index (χ3v) is 3.49. The summed E-state index contributed by atoms with van der Waals surface area (Å²) in [6.07, 6.45) is 1.31. The molecule has 1 atom stereocenters. The zero-order chi connectivity index (χ0) is 13.3. The summed E-state index contributed by atoms with van der Waals surface area (Å²) in [4.78, 5) is 25.1. The Morgan fingerprint density at radius 1 is 1.28 bits per heavy atom. The van der Waals surface area contributed by atoms with Crippen molar-refractivity contribution in [2.75, 3.05) is 6.54 Å². The van der Waals surface area contributed by atoms with Crippen LogP contribution in [0.25, 0.3) is 0 Å². The molecule has 1 aliphatic rings. The van der Waals surface area contributed by atoms with Crippen LogP contribution in [0.3, 0.4) is 0 Å². The van der Waals surface area contributed by atoms with Gasteiger partial charge in [0.05, 0.1) is 0 Å². The van der Waals surface area contributed by atoms with E-state index in [1.54, 1.807) is 0 Å². The quantitative estimate of drug-likeness (QED) is 0.869. The lowest BCUT2D eigenvalue weighted by molar-refractivity contribution is -0.141. The number of carboxylic acid groups (broad SMARTS) is 1. The van der Waals surface area contributed by atoms with E-state index >= 15 is 0 Å². The second-order valence-electron chi connectivity index (χ2n) is 4.76. The first-order chi connectivity index (χ1) is 8.52. The second kappa shape index (κ2) is 4.80. The van der Waals surface area contributed by atoms with Gasteiger partial charge in [-0.15, -0.1) is 0 Å². The minimum absolute atomic E-state index is 0.157. The molecule has 1 fully saturated rings. The summed E-state index contributed by atoms with van der Waals surface area (Å²) in [5.74, 6) is -1.07. The molecule has 18 heavy (non-hydrogen) atoms. The first-order valence-corrected chi connectivity index (χ1v) is 6.12. The SMILES string of the molecule is Cc1cccc(C)c1C(=O)N1CCC[C@H]1C(=O)O.